The third-order valence-corrected chi connectivity index (χ3v) is 2.79. The van der Waals surface area contributed by atoms with Crippen molar-refractivity contribution in [3.8, 4) is 17.0 Å². The van der Waals surface area contributed by atoms with Crippen molar-refractivity contribution < 1.29 is 13.5 Å². The van der Waals surface area contributed by atoms with Crippen LogP contribution < -0.4 is 10.5 Å². The average Bonchev–Trinajstić information content (AvgIpc) is 2.85. The van der Waals surface area contributed by atoms with Gasteiger partial charge < -0.3 is 15.5 Å². The number of aromatic amines is 1. The van der Waals surface area contributed by atoms with Gasteiger partial charge in [-0.05, 0) is 0 Å². The highest BCUT2D eigenvalue weighted by Gasteiger charge is 2.19. The summed E-state index contributed by atoms with van der Waals surface area (Å²) in [6, 6.07) is 2.14. The van der Waals surface area contributed by atoms with E-state index >= 15 is 0 Å². The maximum Gasteiger partial charge on any atom is 0.222 e. The number of imidazole rings is 1. The molecule has 6 nitrogen and oxygen atoms in total. The summed E-state index contributed by atoms with van der Waals surface area (Å²) in [6.45, 7) is 0. The molecule has 3 rings (SSSR count). The van der Waals surface area contributed by atoms with Crippen molar-refractivity contribution in [3.63, 3.8) is 0 Å². The Balaban J connectivity index is 2.33. The molecule has 0 unspecified atom stereocenters. The number of ether oxygens (including phenoxy) is 1. The molecule has 0 amide bonds. The Kier molecular flexibility index (Phi) is 2.70. The molecule has 0 atom stereocenters. The number of halogens is 2. The van der Waals surface area contributed by atoms with Crippen molar-refractivity contribution in [1.82, 2.24) is 19.9 Å². The van der Waals surface area contributed by atoms with Crippen molar-refractivity contribution in [2.24, 2.45) is 0 Å². The fraction of sp³-hybridized carbons (Fsp3) is 0.0833. The number of hydrogen-bond donors (Lipinski definition) is 2. The summed E-state index contributed by atoms with van der Waals surface area (Å²) >= 11 is 0. The van der Waals surface area contributed by atoms with Gasteiger partial charge in [-0.2, -0.15) is 4.98 Å². The van der Waals surface area contributed by atoms with E-state index in [1.54, 1.807) is 0 Å². The fourth-order valence-corrected chi connectivity index (χ4v) is 1.92. The van der Waals surface area contributed by atoms with E-state index in [2.05, 4.69) is 19.9 Å². The molecule has 0 bridgehead atoms. The van der Waals surface area contributed by atoms with Crippen LogP contribution in [0.3, 0.4) is 0 Å². The molecular formula is C12H9F2N5O. The number of nitrogen functional groups attached to an aromatic ring is 1. The lowest BCUT2D eigenvalue weighted by Crippen LogP contribution is -2.01. The molecule has 0 radical (unpaired) electrons. The summed E-state index contributed by atoms with van der Waals surface area (Å²) < 4.78 is 33.0. The first-order valence-electron chi connectivity index (χ1n) is 5.60. The Labute approximate surface area is 111 Å². The fourth-order valence-electron chi connectivity index (χ4n) is 1.92. The monoisotopic (exact) mass is 277 g/mol. The van der Waals surface area contributed by atoms with Crippen molar-refractivity contribution in [2.45, 2.75) is 0 Å². The van der Waals surface area contributed by atoms with Crippen LogP contribution in [0.4, 0.5) is 14.7 Å². The van der Waals surface area contributed by atoms with E-state index in [0.717, 1.165) is 12.1 Å². The second kappa shape index (κ2) is 4.41. The number of nitrogens with zero attached hydrogens (tertiary/aromatic N) is 3. The van der Waals surface area contributed by atoms with Gasteiger partial charge in [-0.3, -0.25) is 0 Å². The molecule has 3 N–H and O–H groups in total. The van der Waals surface area contributed by atoms with Crippen LogP contribution >= 0.6 is 0 Å². The molecule has 20 heavy (non-hydrogen) atoms. The summed E-state index contributed by atoms with van der Waals surface area (Å²) in [5.41, 5.74) is 5.78. The number of anilines is 1. The summed E-state index contributed by atoms with van der Waals surface area (Å²) in [4.78, 5) is 14.4. The molecular weight excluding hydrogens is 268 g/mol. The molecule has 0 aliphatic rings. The zero-order valence-electron chi connectivity index (χ0n) is 10.3. The standard InChI is InChI=1S/C12H9F2N5O/c1-20-5-2-6(13)8(7(14)3-5)9-10-11(17-4-16-10)19-12(15)18-9/h2-4H,1H3,(H3,15,16,17,18,19). The largest absolute Gasteiger partial charge is 0.497 e. The van der Waals surface area contributed by atoms with Gasteiger partial charge in [0.1, 0.15) is 28.6 Å². The zero-order chi connectivity index (χ0) is 14.3. The summed E-state index contributed by atoms with van der Waals surface area (Å²) in [6.07, 6.45) is 1.35. The van der Waals surface area contributed by atoms with Crippen molar-refractivity contribution in [1.29, 1.82) is 0 Å². The number of fused-ring (bicyclic) bond motifs is 1. The van der Waals surface area contributed by atoms with E-state index in [0.29, 0.717) is 5.52 Å². The molecule has 2 aromatic heterocycles. The van der Waals surface area contributed by atoms with Crippen molar-refractivity contribution in [2.75, 3.05) is 12.8 Å². The Bertz CT molecular complexity index is 779. The smallest absolute Gasteiger partial charge is 0.222 e. The maximum absolute atomic E-state index is 14.1. The molecule has 0 saturated heterocycles. The number of H-pyrrole nitrogens is 1. The minimum absolute atomic E-state index is 0.0163. The predicted molar refractivity (Wildman–Crippen MR) is 68.0 cm³/mol. The van der Waals surface area contributed by atoms with Crippen LogP contribution in [0.2, 0.25) is 0 Å². The van der Waals surface area contributed by atoms with Crippen LogP contribution in [-0.2, 0) is 0 Å². The quantitative estimate of drug-likeness (QED) is 0.746. The summed E-state index contributed by atoms with van der Waals surface area (Å²) in [5, 5.41) is 0. The lowest BCUT2D eigenvalue weighted by molar-refractivity contribution is 0.407. The molecule has 0 saturated carbocycles. The van der Waals surface area contributed by atoms with E-state index < -0.39 is 11.6 Å². The van der Waals surface area contributed by atoms with E-state index in [4.69, 9.17) is 10.5 Å². The first kappa shape index (κ1) is 12.3. The van der Waals surface area contributed by atoms with Crippen LogP contribution in [0.5, 0.6) is 5.75 Å². The normalized spacial score (nSPS) is 10.9. The Morgan fingerprint density at radius 3 is 2.55 bits per heavy atom. The van der Waals surface area contributed by atoms with Gasteiger partial charge in [-0.15, -0.1) is 0 Å². The Morgan fingerprint density at radius 2 is 1.90 bits per heavy atom. The molecule has 0 aliphatic carbocycles. The molecule has 0 fully saturated rings. The third-order valence-electron chi connectivity index (χ3n) is 2.79. The highest BCUT2D eigenvalue weighted by atomic mass is 19.1. The number of nitrogens with two attached hydrogens (primary N) is 1. The maximum atomic E-state index is 14.1. The van der Waals surface area contributed by atoms with Crippen LogP contribution in [0.15, 0.2) is 18.5 Å². The highest BCUT2D eigenvalue weighted by molar-refractivity contribution is 5.88. The van der Waals surface area contributed by atoms with Crippen LogP contribution in [0, 0.1) is 11.6 Å². The summed E-state index contributed by atoms with van der Waals surface area (Å²) in [5.74, 6) is -1.66. The number of methoxy groups -OCH3 is 1. The number of hydrogen-bond acceptors (Lipinski definition) is 5. The minimum atomic E-state index is -0.809. The van der Waals surface area contributed by atoms with Gasteiger partial charge in [0.15, 0.2) is 5.65 Å². The van der Waals surface area contributed by atoms with Crippen LogP contribution in [0.25, 0.3) is 22.4 Å². The van der Waals surface area contributed by atoms with Crippen molar-refractivity contribution >= 4 is 17.1 Å². The number of rotatable bonds is 2. The zero-order valence-corrected chi connectivity index (χ0v) is 10.3. The van der Waals surface area contributed by atoms with Gasteiger partial charge in [0, 0.05) is 12.1 Å². The first-order valence-corrected chi connectivity index (χ1v) is 5.60. The number of benzene rings is 1. The highest BCUT2D eigenvalue weighted by Crippen LogP contribution is 2.31. The molecule has 1 aromatic carbocycles. The molecule has 102 valence electrons. The first-order chi connectivity index (χ1) is 9.60. The number of aromatic nitrogens is 4. The van der Waals surface area contributed by atoms with Gasteiger partial charge in [0.2, 0.25) is 5.95 Å². The van der Waals surface area contributed by atoms with Gasteiger partial charge in [-0.1, -0.05) is 0 Å². The average molecular weight is 277 g/mol. The van der Waals surface area contributed by atoms with Crippen molar-refractivity contribution in [3.05, 3.63) is 30.1 Å². The third kappa shape index (κ3) is 1.81. The lowest BCUT2D eigenvalue weighted by Gasteiger charge is -2.08. The molecule has 2 heterocycles. The number of nitrogens with one attached hydrogen (secondary N) is 1. The van der Waals surface area contributed by atoms with E-state index in [1.165, 1.54) is 13.4 Å². The van der Waals surface area contributed by atoms with E-state index in [1.807, 2.05) is 0 Å². The second-order valence-corrected chi connectivity index (χ2v) is 4.00. The summed E-state index contributed by atoms with van der Waals surface area (Å²) in [7, 11) is 1.32. The SMILES string of the molecule is COc1cc(F)c(-c2nc(N)nc3nc[nH]c23)c(F)c1. The van der Waals surface area contributed by atoms with E-state index in [9.17, 15) is 8.78 Å². The Morgan fingerprint density at radius 1 is 1.20 bits per heavy atom. The molecule has 0 spiro atoms. The molecule has 3 aromatic rings. The van der Waals surface area contributed by atoms with E-state index in [-0.39, 0.29) is 28.6 Å². The topological polar surface area (TPSA) is 89.7 Å². The Hall–Kier alpha value is -2.77. The molecule has 0 aliphatic heterocycles. The predicted octanol–water partition coefficient (Wildman–Crippen LogP) is 1.89. The van der Waals surface area contributed by atoms with Gasteiger partial charge >= 0.3 is 0 Å². The van der Waals surface area contributed by atoms with Crippen LogP contribution in [0.1, 0.15) is 0 Å². The van der Waals surface area contributed by atoms with Gasteiger partial charge in [0.05, 0.1) is 19.0 Å². The minimum Gasteiger partial charge on any atom is -0.497 e. The molecule has 8 heteroatoms. The van der Waals surface area contributed by atoms with Crippen LogP contribution in [-0.4, -0.2) is 27.0 Å². The van der Waals surface area contributed by atoms with Gasteiger partial charge in [0.25, 0.3) is 0 Å². The lowest BCUT2D eigenvalue weighted by atomic mass is 10.1. The second-order valence-electron chi connectivity index (χ2n) is 4.00. The van der Waals surface area contributed by atoms with Gasteiger partial charge in [-0.25, -0.2) is 18.7 Å².